The minimum atomic E-state index is 0.636. The Balaban J connectivity index is 1.49. The van der Waals surface area contributed by atoms with E-state index in [1.165, 1.54) is 11.1 Å². The Morgan fingerprint density at radius 3 is 2.60 bits per heavy atom. The lowest BCUT2D eigenvalue weighted by Gasteiger charge is -2.18. The maximum atomic E-state index is 5.59. The Bertz CT molecular complexity index is 558. The third-order valence-electron chi connectivity index (χ3n) is 3.28. The molecule has 0 atom stereocenters. The largest absolute Gasteiger partial charge is 0.486 e. The van der Waals surface area contributed by atoms with Crippen LogP contribution in [0.25, 0.3) is 0 Å². The van der Waals surface area contributed by atoms with Gasteiger partial charge in [0.1, 0.15) is 13.2 Å². The summed E-state index contributed by atoms with van der Waals surface area (Å²) in [5.41, 5.74) is 2.51. The van der Waals surface area contributed by atoms with Gasteiger partial charge >= 0.3 is 0 Å². The van der Waals surface area contributed by atoms with Crippen molar-refractivity contribution in [3.05, 3.63) is 53.9 Å². The first kappa shape index (κ1) is 12.9. The van der Waals surface area contributed by atoms with Gasteiger partial charge in [-0.3, -0.25) is 4.98 Å². The number of hydrogen-bond donors (Lipinski definition) is 1. The monoisotopic (exact) mass is 270 g/mol. The fourth-order valence-corrected chi connectivity index (χ4v) is 2.21. The first-order valence-electron chi connectivity index (χ1n) is 6.90. The first-order chi connectivity index (χ1) is 9.92. The van der Waals surface area contributed by atoms with Gasteiger partial charge in [-0.2, -0.15) is 0 Å². The molecule has 4 heteroatoms. The van der Waals surface area contributed by atoms with Gasteiger partial charge in [0.05, 0.1) is 0 Å². The zero-order chi connectivity index (χ0) is 13.6. The lowest BCUT2D eigenvalue weighted by Crippen LogP contribution is -2.17. The van der Waals surface area contributed by atoms with Crippen molar-refractivity contribution in [2.45, 2.75) is 13.0 Å². The SMILES string of the molecule is c1cc(CNCCc2ccc3c(c2)OCCO3)ccn1. The van der Waals surface area contributed by atoms with E-state index in [0.717, 1.165) is 31.0 Å². The smallest absolute Gasteiger partial charge is 0.161 e. The highest BCUT2D eigenvalue weighted by Gasteiger charge is 2.11. The van der Waals surface area contributed by atoms with Crippen LogP contribution in [0.5, 0.6) is 11.5 Å². The Labute approximate surface area is 118 Å². The van der Waals surface area contributed by atoms with E-state index in [1.54, 1.807) is 0 Å². The molecule has 1 aromatic carbocycles. The van der Waals surface area contributed by atoms with E-state index in [0.29, 0.717) is 13.2 Å². The van der Waals surface area contributed by atoms with Crippen molar-refractivity contribution in [2.75, 3.05) is 19.8 Å². The highest BCUT2D eigenvalue weighted by Crippen LogP contribution is 2.30. The molecule has 0 saturated heterocycles. The average Bonchev–Trinajstić information content (AvgIpc) is 2.52. The van der Waals surface area contributed by atoms with Crippen molar-refractivity contribution in [2.24, 2.45) is 0 Å². The van der Waals surface area contributed by atoms with Gasteiger partial charge in [-0.15, -0.1) is 0 Å². The topological polar surface area (TPSA) is 43.4 Å². The van der Waals surface area contributed by atoms with Gasteiger partial charge in [-0.25, -0.2) is 0 Å². The minimum Gasteiger partial charge on any atom is -0.486 e. The van der Waals surface area contributed by atoms with Crippen molar-refractivity contribution < 1.29 is 9.47 Å². The molecular formula is C16H18N2O2. The van der Waals surface area contributed by atoms with Gasteiger partial charge in [0.15, 0.2) is 11.5 Å². The fraction of sp³-hybridized carbons (Fsp3) is 0.312. The summed E-state index contributed by atoms with van der Waals surface area (Å²) in [6.45, 7) is 3.08. The number of ether oxygens (including phenoxy) is 2. The molecular weight excluding hydrogens is 252 g/mol. The normalized spacial score (nSPS) is 13.2. The van der Waals surface area contributed by atoms with Gasteiger partial charge in [-0.1, -0.05) is 6.07 Å². The summed E-state index contributed by atoms with van der Waals surface area (Å²) >= 11 is 0. The molecule has 20 heavy (non-hydrogen) atoms. The molecule has 2 aromatic rings. The molecule has 1 aliphatic rings. The van der Waals surface area contributed by atoms with Crippen LogP contribution in [0, 0.1) is 0 Å². The number of hydrogen-bond acceptors (Lipinski definition) is 4. The molecule has 0 spiro atoms. The molecule has 0 unspecified atom stereocenters. The Morgan fingerprint density at radius 1 is 0.950 bits per heavy atom. The van der Waals surface area contributed by atoms with E-state index >= 15 is 0 Å². The van der Waals surface area contributed by atoms with Crippen LogP contribution in [0.3, 0.4) is 0 Å². The standard InChI is InChI=1S/C16H18N2O2/c1-2-15-16(20-10-9-19-15)11-13(1)3-8-18-12-14-4-6-17-7-5-14/h1-2,4-7,11,18H,3,8-10,12H2. The maximum absolute atomic E-state index is 5.59. The van der Waals surface area contributed by atoms with Crippen LogP contribution in [0.15, 0.2) is 42.7 Å². The van der Waals surface area contributed by atoms with Crippen LogP contribution in [0.4, 0.5) is 0 Å². The van der Waals surface area contributed by atoms with Crippen LogP contribution in [0.2, 0.25) is 0 Å². The van der Waals surface area contributed by atoms with E-state index in [9.17, 15) is 0 Å². The number of rotatable bonds is 5. The second-order valence-corrected chi connectivity index (χ2v) is 4.76. The van der Waals surface area contributed by atoms with E-state index in [1.807, 2.05) is 30.6 Å². The lowest BCUT2D eigenvalue weighted by molar-refractivity contribution is 0.171. The number of benzene rings is 1. The Morgan fingerprint density at radius 2 is 1.75 bits per heavy atom. The van der Waals surface area contributed by atoms with Crippen molar-refractivity contribution in [1.82, 2.24) is 10.3 Å². The van der Waals surface area contributed by atoms with Gasteiger partial charge < -0.3 is 14.8 Å². The Kier molecular flexibility index (Phi) is 4.13. The summed E-state index contributed by atoms with van der Waals surface area (Å²) < 4.78 is 11.1. The van der Waals surface area contributed by atoms with Gasteiger partial charge in [-0.05, 0) is 48.4 Å². The van der Waals surface area contributed by atoms with Crippen LogP contribution >= 0.6 is 0 Å². The zero-order valence-corrected chi connectivity index (χ0v) is 11.3. The van der Waals surface area contributed by atoms with Gasteiger partial charge in [0.25, 0.3) is 0 Å². The van der Waals surface area contributed by atoms with E-state index in [4.69, 9.17) is 9.47 Å². The second kappa shape index (κ2) is 6.39. The predicted molar refractivity (Wildman–Crippen MR) is 77.1 cm³/mol. The van der Waals surface area contributed by atoms with Crippen LogP contribution in [-0.4, -0.2) is 24.7 Å². The summed E-state index contributed by atoms with van der Waals surface area (Å²) in [7, 11) is 0. The highest BCUT2D eigenvalue weighted by atomic mass is 16.6. The van der Waals surface area contributed by atoms with Crippen molar-refractivity contribution >= 4 is 0 Å². The van der Waals surface area contributed by atoms with E-state index < -0.39 is 0 Å². The molecule has 0 radical (unpaired) electrons. The van der Waals surface area contributed by atoms with E-state index in [2.05, 4.69) is 22.4 Å². The molecule has 0 aliphatic carbocycles. The molecule has 0 saturated carbocycles. The minimum absolute atomic E-state index is 0.636. The molecule has 1 aromatic heterocycles. The average molecular weight is 270 g/mol. The van der Waals surface area contributed by atoms with E-state index in [-0.39, 0.29) is 0 Å². The molecule has 0 fully saturated rings. The van der Waals surface area contributed by atoms with Crippen LogP contribution < -0.4 is 14.8 Å². The van der Waals surface area contributed by atoms with Crippen LogP contribution in [-0.2, 0) is 13.0 Å². The number of pyridine rings is 1. The fourth-order valence-electron chi connectivity index (χ4n) is 2.21. The molecule has 1 aliphatic heterocycles. The molecule has 2 heterocycles. The van der Waals surface area contributed by atoms with Crippen LogP contribution in [0.1, 0.15) is 11.1 Å². The van der Waals surface area contributed by atoms with Gasteiger partial charge in [0, 0.05) is 18.9 Å². The highest BCUT2D eigenvalue weighted by molar-refractivity contribution is 5.43. The quantitative estimate of drug-likeness (QED) is 0.846. The summed E-state index contributed by atoms with van der Waals surface area (Å²) in [5, 5.41) is 3.43. The summed E-state index contributed by atoms with van der Waals surface area (Å²) in [5.74, 6) is 1.72. The molecule has 0 bridgehead atoms. The number of aromatic nitrogens is 1. The second-order valence-electron chi connectivity index (χ2n) is 4.76. The Hall–Kier alpha value is -2.07. The lowest BCUT2D eigenvalue weighted by atomic mass is 10.1. The number of nitrogens with one attached hydrogen (secondary N) is 1. The maximum Gasteiger partial charge on any atom is 0.161 e. The number of fused-ring (bicyclic) bond motifs is 1. The number of nitrogens with zero attached hydrogens (tertiary/aromatic N) is 1. The van der Waals surface area contributed by atoms with Gasteiger partial charge in [0.2, 0.25) is 0 Å². The molecule has 3 rings (SSSR count). The molecule has 104 valence electrons. The summed E-state index contributed by atoms with van der Waals surface area (Å²) in [6.07, 6.45) is 4.61. The molecule has 1 N–H and O–H groups in total. The third kappa shape index (κ3) is 3.27. The van der Waals surface area contributed by atoms with Crippen molar-refractivity contribution in [3.63, 3.8) is 0 Å². The molecule has 0 amide bonds. The van der Waals surface area contributed by atoms with Crippen molar-refractivity contribution in [1.29, 1.82) is 0 Å². The first-order valence-corrected chi connectivity index (χ1v) is 6.90. The summed E-state index contributed by atoms with van der Waals surface area (Å²) in [4.78, 5) is 4.01. The summed E-state index contributed by atoms with van der Waals surface area (Å²) in [6, 6.07) is 10.2. The molecule has 4 nitrogen and oxygen atoms in total. The third-order valence-corrected chi connectivity index (χ3v) is 3.28. The van der Waals surface area contributed by atoms with Crippen molar-refractivity contribution in [3.8, 4) is 11.5 Å². The zero-order valence-electron chi connectivity index (χ0n) is 11.3. The predicted octanol–water partition coefficient (Wildman–Crippen LogP) is 2.19.